The zero-order valence-electron chi connectivity index (χ0n) is 12.4. The summed E-state index contributed by atoms with van der Waals surface area (Å²) in [7, 11) is 0. The molecule has 1 N–H and O–H groups in total. The van der Waals surface area contributed by atoms with Gasteiger partial charge in [-0.05, 0) is 53.8 Å². The van der Waals surface area contributed by atoms with Gasteiger partial charge < -0.3 is 10.1 Å². The van der Waals surface area contributed by atoms with Crippen LogP contribution in [0.15, 0.2) is 36.7 Å². The fraction of sp³-hybridized carbons (Fsp3) is 0.200. The van der Waals surface area contributed by atoms with Crippen LogP contribution in [0.3, 0.4) is 0 Å². The van der Waals surface area contributed by atoms with Gasteiger partial charge in [-0.2, -0.15) is 13.9 Å². The van der Waals surface area contributed by atoms with Crippen molar-refractivity contribution in [3.05, 3.63) is 51.6 Å². The molecule has 0 fully saturated rings. The molecule has 3 aromatic rings. The molecule has 0 aliphatic carbocycles. The standard InChI is InChI=1S/C15H12F3IN4O/c1-8(10-6-9(16)2-3-12(10)24-15(17)18)21-13-4-5-23-14(22-13)11(19)7-20-23/h2-8,15H,1H3,(H,21,22)/t8-/m1/s1. The SMILES string of the molecule is C[C@@H](Nc1ccn2ncc(I)c2n1)c1cc(F)ccc1OC(F)F. The highest BCUT2D eigenvalue weighted by molar-refractivity contribution is 14.1. The van der Waals surface area contributed by atoms with Gasteiger partial charge in [-0.25, -0.2) is 13.9 Å². The molecule has 9 heteroatoms. The molecule has 126 valence electrons. The molecule has 0 unspecified atom stereocenters. The molecule has 3 rings (SSSR count). The van der Waals surface area contributed by atoms with Gasteiger partial charge in [0.2, 0.25) is 0 Å². The lowest BCUT2D eigenvalue weighted by Crippen LogP contribution is -2.12. The number of ether oxygens (including phenoxy) is 1. The highest BCUT2D eigenvalue weighted by Crippen LogP contribution is 2.29. The third-order valence-electron chi connectivity index (χ3n) is 3.34. The average molecular weight is 448 g/mol. The van der Waals surface area contributed by atoms with Crippen LogP contribution < -0.4 is 10.1 Å². The van der Waals surface area contributed by atoms with E-state index in [1.54, 1.807) is 29.9 Å². The summed E-state index contributed by atoms with van der Waals surface area (Å²) in [5.74, 6) is -0.0962. The fourth-order valence-electron chi connectivity index (χ4n) is 2.28. The van der Waals surface area contributed by atoms with Crippen LogP contribution in [0.1, 0.15) is 18.5 Å². The van der Waals surface area contributed by atoms with Crippen LogP contribution in [0.25, 0.3) is 5.65 Å². The number of alkyl halides is 2. The molecule has 0 aliphatic rings. The van der Waals surface area contributed by atoms with E-state index in [9.17, 15) is 13.2 Å². The van der Waals surface area contributed by atoms with E-state index in [0.29, 0.717) is 11.5 Å². The number of rotatable bonds is 5. The zero-order chi connectivity index (χ0) is 17.3. The van der Waals surface area contributed by atoms with Gasteiger partial charge in [0, 0.05) is 11.8 Å². The number of aromatic nitrogens is 3. The van der Waals surface area contributed by atoms with Crippen LogP contribution in [-0.4, -0.2) is 21.2 Å². The topological polar surface area (TPSA) is 51.5 Å². The van der Waals surface area contributed by atoms with Crippen molar-refractivity contribution in [3.63, 3.8) is 0 Å². The number of benzene rings is 1. The summed E-state index contributed by atoms with van der Waals surface area (Å²) in [5, 5.41) is 7.18. The van der Waals surface area contributed by atoms with Crippen LogP contribution >= 0.6 is 22.6 Å². The molecule has 1 atom stereocenters. The van der Waals surface area contributed by atoms with Gasteiger partial charge in [-0.15, -0.1) is 0 Å². The maximum absolute atomic E-state index is 13.5. The Morgan fingerprint density at radius 2 is 2.08 bits per heavy atom. The van der Waals surface area contributed by atoms with Gasteiger partial charge in [-0.3, -0.25) is 0 Å². The number of nitrogens with zero attached hydrogens (tertiary/aromatic N) is 3. The van der Waals surface area contributed by atoms with Gasteiger partial charge in [0.1, 0.15) is 17.4 Å². The lowest BCUT2D eigenvalue weighted by Gasteiger charge is -2.18. The quantitative estimate of drug-likeness (QED) is 0.594. The summed E-state index contributed by atoms with van der Waals surface area (Å²) in [6, 6.07) is 4.62. The molecule has 2 heterocycles. The molecule has 5 nitrogen and oxygen atoms in total. The smallest absolute Gasteiger partial charge is 0.387 e. The van der Waals surface area contributed by atoms with E-state index in [4.69, 9.17) is 0 Å². The molecule has 0 radical (unpaired) electrons. The Kier molecular flexibility index (Phi) is 4.78. The lowest BCUT2D eigenvalue weighted by molar-refractivity contribution is -0.0505. The first-order valence-corrected chi connectivity index (χ1v) is 8.02. The van der Waals surface area contributed by atoms with Crippen molar-refractivity contribution in [3.8, 4) is 5.75 Å². The average Bonchev–Trinajstić information content (AvgIpc) is 2.89. The molecular weight excluding hydrogens is 436 g/mol. The second-order valence-corrected chi connectivity index (χ2v) is 6.16. The van der Waals surface area contributed by atoms with E-state index >= 15 is 0 Å². The van der Waals surface area contributed by atoms with Gasteiger partial charge in [-0.1, -0.05) is 0 Å². The van der Waals surface area contributed by atoms with Crippen molar-refractivity contribution in [1.82, 2.24) is 14.6 Å². The molecule has 2 aromatic heterocycles. The predicted octanol–water partition coefficient (Wildman–Crippen LogP) is 4.25. The third-order valence-corrected chi connectivity index (χ3v) is 4.11. The van der Waals surface area contributed by atoms with Crippen LogP contribution in [0.5, 0.6) is 5.75 Å². The number of anilines is 1. The molecule has 0 amide bonds. The van der Waals surface area contributed by atoms with Crippen molar-refractivity contribution in [2.24, 2.45) is 0 Å². The first-order chi connectivity index (χ1) is 11.4. The lowest BCUT2D eigenvalue weighted by atomic mass is 10.1. The second kappa shape index (κ2) is 6.83. The molecule has 0 bridgehead atoms. The molecule has 0 aliphatic heterocycles. The van der Waals surface area contributed by atoms with Crippen LogP contribution in [0.4, 0.5) is 19.0 Å². The van der Waals surface area contributed by atoms with Gasteiger partial charge >= 0.3 is 6.61 Å². The highest BCUT2D eigenvalue weighted by atomic mass is 127. The van der Waals surface area contributed by atoms with E-state index in [1.807, 2.05) is 0 Å². The fourth-order valence-corrected chi connectivity index (χ4v) is 2.77. The van der Waals surface area contributed by atoms with E-state index < -0.39 is 18.5 Å². The molecular formula is C15H12F3IN4O. The molecule has 1 aromatic carbocycles. The Morgan fingerprint density at radius 1 is 1.29 bits per heavy atom. The normalized spacial score (nSPS) is 12.6. The van der Waals surface area contributed by atoms with Crippen molar-refractivity contribution >= 4 is 34.1 Å². The minimum absolute atomic E-state index is 0.0774. The second-order valence-electron chi connectivity index (χ2n) is 5.00. The number of fused-ring (bicyclic) bond motifs is 1. The van der Waals surface area contributed by atoms with E-state index in [-0.39, 0.29) is 11.3 Å². The first kappa shape index (κ1) is 16.8. The van der Waals surface area contributed by atoms with E-state index in [1.165, 1.54) is 6.07 Å². The Morgan fingerprint density at radius 3 is 2.83 bits per heavy atom. The maximum atomic E-state index is 13.5. The summed E-state index contributed by atoms with van der Waals surface area (Å²) < 4.78 is 45.5. The number of halogens is 4. The maximum Gasteiger partial charge on any atom is 0.387 e. The zero-order valence-corrected chi connectivity index (χ0v) is 14.5. The van der Waals surface area contributed by atoms with Crippen LogP contribution in [0, 0.1) is 9.39 Å². The van der Waals surface area contributed by atoms with Crippen molar-refractivity contribution in [2.45, 2.75) is 19.6 Å². The molecule has 0 spiro atoms. The highest BCUT2D eigenvalue weighted by Gasteiger charge is 2.17. The summed E-state index contributed by atoms with van der Waals surface area (Å²) in [5.41, 5.74) is 0.941. The van der Waals surface area contributed by atoms with Crippen LogP contribution in [0.2, 0.25) is 0 Å². The molecule has 0 saturated heterocycles. The molecule has 24 heavy (non-hydrogen) atoms. The summed E-state index contributed by atoms with van der Waals surface area (Å²) >= 11 is 2.11. The minimum Gasteiger partial charge on any atom is -0.434 e. The third kappa shape index (κ3) is 3.55. The van der Waals surface area contributed by atoms with Crippen molar-refractivity contribution < 1.29 is 17.9 Å². The number of hydrogen-bond acceptors (Lipinski definition) is 4. The first-order valence-electron chi connectivity index (χ1n) is 6.94. The van der Waals surface area contributed by atoms with Crippen LogP contribution in [-0.2, 0) is 0 Å². The monoisotopic (exact) mass is 448 g/mol. The Labute approximate surface area is 149 Å². The molecule has 0 saturated carbocycles. The summed E-state index contributed by atoms with van der Waals surface area (Å²) in [6.45, 7) is -1.27. The van der Waals surface area contributed by atoms with Gasteiger partial charge in [0.15, 0.2) is 5.65 Å². The van der Waals surface area contributed by atoms with Crippen molar-refractivity contribution in [1.29, 1.82) is 0 Å². The van der Waals surface area contributed by atoms with Gasteiger partial charge in [0.25, 0.3) is 0 Å². The van der Waals surface area contributed by atoms with E-state index in [0.717, 1.165) is 15.7 Å². The summed E-state index contributed by atoms with van der Waals surface area (Å²) in [6.07, 6.45) is 3.40. The largest absolute Gasteiger partial charge is 0.434 e. The number of nitrogens with one attached hydrogen (secondary N) is 1. The van der Waals surface area contributed by atoms with Crippen molar-refractivity contribution in [2.75, 3.05) is 5.32 Å². The minimum atomic E-state index is -2.98. The summed E-state index contributed by atoms with van der Waals surface area (Å²) in [4.78, 5) is 4.41. The number of hydrogen-bond donors (Lipinski definition) is 1. The Hall–Kier alpha value is -2.04. The predicted molar refractivity (Wildman–Crippen MR) is 90.8 cm³/mol. The Balaban J connectivity index is 1.89. The van der Waals surface area contributed by atoms with Gasteiger partial charge in [0.05, 0.1) is 15.8 Å². The van der Waals surface area contributed by atoms with E-state index in [2.05, 4.69) is 42.7 Å². The Bertz CT molecular complexity index is 871.